The third kappa shape index (κ3) is 5.23. The van der Waals surface area contributed by atoms with Gasteiger partial charge in [0.1, 0.15) is 12.4 Å². The number of nitrogens with zero attached hydrogens (tertiary/aromatic N) is 1. The number of halogens is 1. The van der Waals surface area contributed by atoms with Crippen LogP contribution in [-0.2, 0) is 11.2 Å². The first kappa shape index (κ1) is 17.8. The second kappa shape index (κ2) is 8.34. The number of thiophene rings is 1. The molecule has 0 aliphatic rings. The smallest absolute Gasteiger partial charge is 0.312 e. The molecule has 2 rings (SSSR count). The molecule has 6 heteroatoms. The highest BCUT2D eigenvalue weighted by molar-refractivity contribution is 7.10. The van der Waals surface area contributed by atoms with Crippen molar-refractivity contribution in [3.05, 3.63) is 51.2 Å². The maximum absolute atomic E-state index is 11.6. The number of ether oxygens (including phenoxy) is 1. The zero-order chi connectivity index (χ0) is 16.8. The molecule has 1 heterocycles. The molecule has 1 aromatic heterocycles. The van der Waals surface area contributed by atoms with E-state index in [9.17, 15) is 9.90 Å². The van der Waals surface area contributed by atoms with Gasteiger partial charge in [-0.1, -0.05) is 17.7 Å². The molecule has 0 fully saturated rings. The molecule has 4 nitrogen and oxygen atoms in total. The molecule has 0 bridgehead atoms. The van der Waals surface area contributed by atoms with E-state index in [4.69, 9.17) is 16.3 Å². The minimum absolute atomic E-state index is 0.355. The van der Waals surface area contributed by atoms with Gasteiger partial charge in [-0.2, -0.15) is 0 Å². The summed E-state index contributed by atoms with van der Waals surface area (Å²) in [5.74, 6) is -0.740. The third-order valence-electron chi connectivity index (χ3n) is 3.43. The average molecular weight is 354 g/mol. The van der Waals surface area contributed by atoms with Crippen LogP contribution in [0.25, 0.3) is 0 Å². The van der Waals surface area contributed by atoms with E-state index in [1.165, 1.54) is 11.3 Å². The lowest BCUT2D eigenvalue weighted by Crippen LogP contribution is -2.20. The molecule has 0 radical (unpaired) electrons. The molecule has 0 aliphatic carbocycles. The van der Waals surface area contributed by atoms with Crippen molar-refractivity contribution in [3.8, 4) is 5.75 Å². The number of hydrogen-bond donors (Lipinski definition) is 1. The Hall–Kier alpha value is -1.56. The van der Waals surface area contributed by atoms with E-state index in [-0.39, 0.29) is 0 Å². The molecule has 0 saturated heterocycles. The Labute approximate surface area is 145 Å². The zero-order valence-corrected chi connectivity index (χ0v) is 14.7. The summed E-state index contributed by atoms with van der Waals surface area (Å²) in [7, 11) is 3.95. The molecule has 1 unspecified atom stereocenters. The van der Waals surface area contributed by atoms with Crippen LogP contribution in [0.15, 0.2) is 35.7 Å². The molecule has 0 saturated carbocycles. The molecule has 1 atom stereocenters. The maximum atomic E-state index is 11.6. The minimum atomic E-state index is -0.841. The lowest BCUT2D eigenvalue weighted by Gasteiger charge is -2.17. The largest absolute Gasteiger partial charge is 0.492 e. The lowest BCUT2D eigenvalue weighted by atomic mass is 9.97. The summed E-state index contributed by atoms with van der Waals surface area (Å²) in [6, 6.07) is 9.07. The van der Waals surface area contributed by atoms with Crippen LogP contribution in [0.3, 0.4) is 0 Å². The van der Waals surface area contributed by atoms with E-state index >= 15 is 0 Å². The highest BCUT2D eigenvalue weighted by Crippen LogP contribution is 2.31. The quantitative estimate of drug-likeness (QED) is 0.785. The van der Waals surface area contributed by atoms with Gasteiger partial charge in [0.15, 0.2) is 0 Å². The Kier molecular flexibility index (Phi) is 6.45. The topological polar surface area (TPSA) is 49.8 Å². The summed E-state index contributed by atoms with van der Waals surface area (Å²) < 4.78 is 5.81. The summed E-state index contributed by atoms with van der Waals surface area (Å²) in [6.07, 6.45) is 0.355. The van der Waals surface area contributed by atoms with E-state index in [2.05, 4.69) is 0 Å². The highest BCUT2D eigenvalue weighted by atomic mass is 35.5. The summed E-state index contributed by atoms with van der Waals surface area (Å²) in [6.45, 7) is 1.33. The van der Waals surface area contributed by atoms with E-state index < -0.39 is 11.9 Å². The normalized spacial score (nSPS) is 12.3. The fraction of sp³-hybridized carbons (Fsp3) is 0.353. The van der Waals surface area contributed by atoms with Crippen LogP contribution >= 0.6 is 22.9 Å². The summed E-state index contributed by atoms with van der Waals surface area (Å²) in [4.78, 5) is 14.5. The van der Waals surface area contributed by atoms with E-state index in [0.29, 0.717) is 23.8 Å². The Balaban J connectivity index is 2.19. The first-order valence-electron chi connectivity index (χ1n) is 7.29. The average Bonchev–Trinajstić information content (AvgIpc) is 3.00. The van der Waals surface area contributed by atoms with Gasteiger partial charge < -0.3 is 14.7 Å². The van der Waals surface area contributed by atoms with Crippen molar-refractivity contribution >= 4 is 28.9 Å². The van der Waals surface area contributed by atoms with Crippen molar-refractivity contribution in [2.45, 2.75) is 12.3 Å². The van der Waals surface area contributed by atoms with Crippen molar-refractivity contribution < 1.29 is 14.6 Å². The number of carbonyl (C=O) groups is 1. The Morgan fingerprint density at radius 3 is 2.78 bits per heavy atom. The molecule has 0 spiro atoms. The molecule has 2 aromatic rings. The van der Waals surface area contributed by atoms with Gasteiger partial charge in [0, 0.05) is 16.4 Å². The van der Waals surface area contributed by atoms with Gasteiger partial charge in [0.2, 0.25) is 0 Å². The first-order valence-corrected chi connectivity index (χ1v) is 8.55. The van der Waals surface area contributed by atoms with Crippen LogP contribution in [0.5, 0.6) is 5.75 Å². The number of hydrogen-bond acceptors (Lipinski definition) is 4. The standard InChI is InChI=1S/C17H20ClNO3S/c1-19(2)7-8-22-15-6-5-13(18)10-12(15)11-14(17(20)21)16-4-3-9-23-16/h3-6,9-10,14H,7-8,11H2,1-2H3,(H,20,21). The van der Waals surface area contributed by atoms with Gasteiger partial charge in [-0.25, -0.2) is 0 Å². The fourth-order valence-corrected chi connectivity index (χ4v) is 3.22. The highest BCUT2D eigenvalue weighted by Gasteiger charge is 2.23. The summed E-state index contributed by atoms with van der Waals surface area (Å²) in [5, 5.41) is 12.0. The van der Waals surface area contributed by atoms with Crippen LogP contribution in [0.1, 0.15) is 16.4 Å². The number of aliphatic carboxylic acids is 1. The molecule has 124 valence electrons. The Morgan fingerprint density at radius 2 is 2.17 bits per heavy atom. The van der Waals surface area contributed by atoms with E-state index in [1.54, 1.807) is 18.2 Å². The van der Waals surface area contributed by atoms with E-state index in [0.717, 1.165) is 17.0 Å². The Morgan fingerprint density at radius 1 is 1.39 bits per heavy atom. The number of benzene rings is 1. The number of likely N-dealkylation sites (N-methyl/N-ethyl adjacent to an activating group) is 1. The van der Waals surface area contributed by atoms with Gasteiger partial charge >= 0.3 is 5.97 Å². The minimum Gasteiger partial charge on any atom is -0.492 e. The van der Waals surface area contributed by atoms with Crippen molar-refractivity contribution in [2.75, 3.05) is 27.2 Å². The van der Waals surface area contributed by atoms with Crippen molar-refractivity contribution in [2.24, 2.45) is 0 Å². The van der Waals surface area contributed by atoms with Crippen LogP contribution < -0.4 is 4.74 Å². The van der Waals surface area contributed by atoms with E-state index in [1.807, 2.05) is 36.5 Å². The van der Waals surface area contributed by atoms with Gasteiger partial charge in [-0.15, -0.1) is 11.3 Å². The summed E-state index contributed by atoms with van der Waals surface area (Å²) in [5.41, 5.74) is 0.817. The van der Waals surface area contributed by atoms with Crippen LogP contribution in [-0.4, -0.2) is 43.2 Å². The zero-order valence-electron chi connectivity index (χ0n) is 13.2. The number of rotatable bonds is 8. The molecule has 1 N–H and O–H groups in total. The van der Waals surface area contributed by atoms with Crippen molar-refractivity contribution in [1.29, 1.82) is 0 Å². The molecule has 1 aromatic carbocycles. The van der Waals surface area contributed by atoms with Crippen molar-refractivity contribution in [3.63, 3.8) is 0 Å². The van der Waals surface area contributed by atoms with Crippen molar-refractivity contribution in [1.82, 2.24) is 4.90 Å². The second-order valence-electron chi connectivity index (χ2n) is 5.51. The SMILES string of the molecule is CN(C)CCOc1ccc(Cl)cc1CC(C(=O)O)c1cccs1. The van der Waals surface area contributed by atoms with Gasteiger partial charge in [-0.3, -0.25) is 4.79 Å². The third-order valence-corrected chi connectivity index (χ3v) is 4.65. The van der Waals surface area contributed by atoms with Gasteiger partial charge in [0.05, 0.1) is 5.92 Å². The van der Waals surface area contributed by atoms with Crippen LogP contribution in [0, 0.1) is 0 Å². The second-order valence-corrected chi connectivity index (χ2v) is 6.93. The first-order chi connectivity index (χ1) is 11.0. The van der Waals surface area contributed by atoms with Gasteiger partial charge in [-0.05, 0) is 55.7 Å². The molecule has 0 amide bonds. The fourth-order valence-electron chi connectivity index (χ4n) is 2.21. The number of carboxylic acid groups (broad SMARTS) is 1. The predicted molar refractivity (Wildman–Crippen MR) is 93.9 cm³/mol. The molecular weight excluding hydrogens is 334 g/mol. The molecule has 23 heavy (non-hydrogen) atoms. The maximum Gasteiger partial charge on any atom is 0.312 e. The molecular formula is C17H20ClNO3S. The Bertz CT molecular complexity index is 643. The lowest BCUT2D eigenvalue weighted by molar-refractivity contribution is -0.138. The summed E-state index contributed by atoms with van der Waals surface area (Å²) >= 11 is 7.53. The monoisotopic (exact) mass is 353 g/mol. The predicted octanol–water partition coefficient (Wildman–Crippen LogP) is 3.75. The number of carboxylic acids is 1. The molecule has 0 aliphatic heterocycles. The van der Waals surface area contributed by atoms with Crippen LogP contribution in [0.2, 0.25) is 5.02 Å². The van der Waals surface area contributed by atoms with Crippen LogP contribution in [0.4, 0.5) is 0 Å². The van der Waals surface area contributed by atoms with Gasteiger partial charge in [0.25, 0.3) is 0 Å².